The maximum Gasteiger partial charge on any atom is 0.259 e. The summed E-state index contributed by atoms with van der Waals surface area (Å²) in [4.78, 5) is 17.4. The van der Waals surface area contributed by atoms with E-state index in [0.29, 0.717) is 24.3 Å². The van der Waals surface area contributed by atoms with E-state index >= 15 is 0 Å². The summed E-state index contributed by atoms with van der Waals surface area (Å²) in [7, 11) is 0. The number of piperazine rings is 1. The number of amides is 1. The van der Waals surface area contributed by atoms with Gasteiger partial charge < -0.3 is 4.90 Å². The second kappa shape index (κ2) is 8.65. The lowest BCUT2D eigenvalue weighted by molar-refractivity contribution is 0.0278. The minimum absolute atomic E-state index is 0.0153. The molecule has 2 fully saturated rings. The minimum atomic E-state index is -2.11. The first-order valence-electron chi connectivity index (χ1n) is 10.2. The molecule has 2 aromatic carbocycles. The number of hydrogen-bond donors (Lipinski definition) is 2. The Bertz CT molecular complexity index is 859. The molecule has 1 heterocycles. The van der Waals surface area contributed by atoms with Crippen molar-refractivity contribution in [3.05, 3.63) is 65.7 Å². The number of nitrogens with one attached hydrogen (secondary N) is 1. The van der Waals surface area contributed by atoms with Crippen molar-refractivity contribution in [1.29, 1.82) is 0 Å². The summed E-state index contributed by atoms with van der Waals surface area (Å²) < 4.78 is 22.1. The Morgan fingerprint density at radius 2 is 1.55 bits per heavy atom. The van der Waals surface area contributed by atoms with Gasteiger partial charge in [0.05, 0.1) is 0 Å². The number of benzene rings is 2. The molecule has 2 aliphatic rings. The Kier molecular flexibility index (Phi) is 5.99. The molecule has 1 saturated carbocycles. The normalized spacial score (nSPS) is 20.4. The summed E-state index contributed by atoms with van der Waals surface area (Å²) in [6.07, 6.45) is 4.89. The van der Waals surface area contributed by atoms with Gasteiger partial charge in [-0.25, -0.2) is 4.21 Å². The molecular weight excluding hydrogens is 386 g/mol. The summed E-state index contributed by atoms with van der Waals surface area (Å²) in [6.45, 7) is 3.19. The fourth-order valence-electron chi connectivity index (χ4n) is 4.80. The Balaban J connectivity index is 1.42. The van der Waals surface area contributed by atoms with Crippen LogP contribution in [0.1, 0.15) is 41.6 Å². The smallest absolute Gasteiger partial charge is 0.259 e. The second-order valence-corrected chi connectivity index (χ2v) is 8.51. The molecule has 0 aromatic heterocycles. The third-order valence-corrected chi connectivity index (χ3v) is 6.66. The van der Waals surface area contributed by atoms with Crippen LogP contribution in [0.2, 0.25) is 0 Å². The van der Waals surface area contributed by atoms with Gasteiger partial charge in [0.1, 0.15) is 0 Å². The van der Waals surface area contributed by atoms with Crippen LogP contribution in [-0.4, -0.2) is 50.6 Å². The van der Waals surface area contributed by atoms with E-state index in [-0.39, 0.29) is 11.4 Å². The van der Waals surface area contributed by atoms with Crippen LogP contribution < -0.4 is 4.72 Å². The summed E-state index contributed by atoms with van der Waals surface area (Å²) in [5, 5.41) is 0. The molecule has 0 bridgehead atoms. The number of nitrogens with zero attached hydrogens (tertiary/aromatic N) is 2. The van der Waals surface area contributed by atoms with E-state index in [4.69, 9.17) is 4.55 Å². The molecule has 0 radical (unpaired) electrons. The first-order valence-corrected chi connectivity index (χ1v) is 11.3. The molecule has 1 unspecified atom stereocenters. The molecule has 2 aromatic rings. The SMILES string of the molecule is O=C(c1ccc(NS(=O)O)cc1)N1CCN(C2(c3ccccc3)CCCC2)CC1. The average molecular weight is 414 g/mol. The molecule has 1 aliphatic heterocycles. The monoisotopic (exact) mass is 413 g/mol. The van der Waals surface area contributed by atoms with Gasteiger partial charge in [0, 0.05) is 43.0 Å². The third-order valence-electron chi connectivity index (χ3n) is 6.25. The summed E-state index contributed by atoms with van der Waals surface area (Å²) in [5.41, 5.74) is 2.63. The molecular formula is C22H27N3O3S. The summed E-state index contributed by atoms with van der Waals surface area (Å²) >= 11 is -2.11. The number of hydrogen-bond acceptors (Lipinski definition) is 3. The van der Waals surface area contributed by atoms with Crippen LogP contribution in [0.5, 0.6) is 0 Å². The third kappa shape index (κ3) is 4.22. The molecule has 4 rings (SSSR count). The van der Waals surface area contributed by atoms with Crippen LogP contribution in [0.25, 0.3) is 0 Å². The van der Waals surface area contributed by atoms with E-state index in [9.17, 15) is 9.00 Å². The molecule has 6 nitrogen and oxygen atoms in total. The van der Waals surface area contributed by atoms with Gasteiger partial charge in [-0.05, 0) is 42.7 Å². The van der Waals surface area contributed by atoms with E-state index in [1.165, 1.54) is 31.2 Å². The predicted octanol–water partition coefficient (Wildman–Crippen LogP) is 3.46. The Morgan fingerprint density at radius 3 is 2.14 bits per heavy atom. The number of carbonyl (C=O) groups is 1. The maximum atomic E-state index is 12.9. The van der Waals surface area contributed by atoms with Crippen LogP contribution in [-0.2, 0) is 16.8 Å². The minimum Gasteiger partial charge on any atom is -0.336 e. The topological polar surface area (TPSA) is 72.9 Å². The van der Waals surface area contributed by atoms with Gasteiger partial charge in [-0.1, -0.05) is 43.2 Å². The van der Waals surface area contributed by atoms with E-state index in [1.54, 1.807) is 24.3 Å². The van der Waals surface area contributed by atoms with Crippen molar-refractivity contribution in [3.8, 4) is 0 Å². The molecule has 1 amide bonds. The largest absolute Gasteiger partial charge is 0.336 e. The van der Waals surface area contributed by atoms with Gasteiger partial charge in [-0.2, -0.15) is 0 Å². The molecule has 1 saturated heterocycles. The van der Waals surface area contributed by atoms with E-state index < -0.39 is 11.3 Å². The van der Waals surface area contributed by atoms with Crippen molar-refractivity contribution in [2.45, 2.75) is 31.2 Å². The van der Waals surface area contributed by atoms with Crippen LogP contribution in [0, 0.1) is 0 Å². The van der Waals surface area contributed by atoms with Gasteiger partial charge in [0.15, 0.2) is 0 Å². The highest BCUT2D eigenvalue weighted by Gasteiger charge is 2.42. The van der Waals surface area contributed by atoms with E-state index in [0.717, 1.165) is 13.1 Å². The van der Waals surface area contributed by atoms with Gasteiger partial charge in [-0.15, -0.1) is 0 Å². The lowest BCUT2D eigenvalue weighted by atomic mass is 9.85. The van der Waals surface area contributed by atoms with E-state index in [1.807, 2.05) is 4.90 Å². The van der Waals surface area contributed by atoms with E-state index in [2.05, 4.69) is 40.0 Å². The first-order chi connectivity index (χ1) is 14.1. The van der Waals surface area contributed by atoms with Gasteiger partial charge in [-0.3, -0.25) is 19.0 Å². The van der Waals surface area contributed by atoms with Crippen molar-refractivity contribution < 1.29 is 13.6 Å². The molecule has 1 atom stereocenters. The zero-order chi connectivity index (χ0) is 20.3. The summed E-state index contributed by atoms with van der Waals surface area (Å²) in [5.74, 6) is 0.0153. The average Bonchev–Trinajstić information content (AvgIpc) is 3.25. The van der Waals surface area contributed by atoms with Crippen molar-refractivity contribution in [2.75, 3.05) is 30.9 Å². The predicted molar refractivity (Wildman–Crippen MR) is 115 cm³/mol. The molecule has 7 heteroatoms. The maximum absolute atomic E-state index is 12.9. The van der Waals surface area contributed by atoms with Crippen molar-refractivity contribution in [1.82, 2.24) is 9.80 Å². The standard InChI is InChI=1S/C22H27N3O3S/c26-21(18-8-10-20(11-9-18)23-29(27)28)24-14-16-25(17-15-24)22(12-4-5-13-22)19-6-2-1-3-7-19/h1-3,6-11,23H,4-5,12-17H2,(H,27,28). The molecule has 2 N–H and O–H groups in total. The molecule has 1 aliphatic carbocycles. The lowest BCUT2D eigenvalue weighted by Crippen LogP contribution is -2.55. The van der Waals surface area contributed by atoms with Gasteiger partial charge in [0.2, 0.25) is 0 Å². The fraction of sp³-hybridized carbons (Fsp3) is 0.409. The molecule has 154 valence electrons. The zero-order valence-electron chi connectivity index (χ0n) is 16.4. The molecule has 0 spiro atoms. The highest BCUT2D eigenvalue weighted by atomic mass is 32.2. The summed E-state index contributed by atoms with van der Waals surface area (Å²) in [6, 6.07) is 17.5. The van der Waals surface area contributed by atoms with Crippen molar-refractivity contribution >= 4 is 22.9 Å². The van der Waals surface area contributed by atoms with Crippen molar-refractivity contribution in [2.24, 2.45) is 0 Å². The molecule has 29 heavy (non-hydrogen) atoms. The highest BCUT2D eigenvalue weighted by Crippen LogP contribution is 2.44. The zero-order valence-corrected chi connectivity index (χ0v) is 17.2. The van der Waals surface area contributed by atoms with Gasteiger partial charge >= 0.3 is 0 Å². The van der Waals surface area contributed by atoms with Crippen LogP contribution >= 0.6 is 0 Å². The Labute approximate surface area is 174 Å². The quantitative estimate of drug-likeness (QED) is 0.737. The fourth-order valence-corrected chi connectivity index (χ4v) is 5.14. The van der Waals surface area contributed by atoms with Crippen LogP contribution in [0.4, 0.5) is 5.69 Å². The highest BCUT2D eigenvalue weighted by molar-refractivity contribution is 7.80. The number of rotatable bonds is 5. The Hall–Kier alpha value is -2.22. The first kappa shape index (κ1) is 20.1. The Morgan fingerprint density at radius 1 is 0.931 bits per heavy atom. The number of anilines is 1. The van der Waals surface area contributed by atoms with Gasteiger partial charge in [0.25, 0.3) is 17.2 Å². The second-order valence-electron chi connectivity index (χ2n) is 7.81. The van der Waals surface area contributed by atoms with Crippen molar-refractivity contribution in [3.63, 3.8) is 0 Å². The van der Waals surface area contributed by atoms with Crippen LogP contribution in [0.3, 0.4) is 0 Å². The lowest BCUT2D eigenvalue weighted by Gasteiger charge is -2.46. The van der Waals surface area contributed by atoms with Crippen LogP contribution in [0.15, 0.2) is 54.6 Å². The number of carbonyl (C=O) groups excluding carboxylic acids is 1.